The van der Waals surface area contributed by atoms with Crippen LogP contribution < -0.4 is 4.90 Å². The quantitative estimate of drug-likeness (QED) is 0.166. The Morgan fingerprint density at radius 1 is 0.435 bits per heavy atom. The zero-order valence-electron chi connectivity index (χ0n) is 83.7. The highest BCUT2D eigenvalue weighted by Gasteiger charge is 2.54. The molecule has 0 bridgehead atoms. The van der Waals surface area contributed by atoms with Crippen molar-refractivity contribution in [1.29, 1.82) is 0 Å². The number of nitrogens with zero attached hydrogens (tertiary/aromatic N) is 1. The van der Waals surface area contributed by atoms with Crippen molar-refractivity contribution in [2.75, 3.05) is 4.90 Å². The van der Waals surface area contributed by atoms with Crippen LogP contribution >= 0.6 is 0 Å². The summed E-state index contributed by atoms with van der Waals surface area (Å²) < 4.78 is 472. The lowest BCUT2D eigenvalue weighted by Gasteiger charge is -2.34. The molecule has 328 valence electrons. The normalized spacial score (nSPS) is 29.0. The second kappa shape index (κ2) is 14.5. The van der Waals surface area contributed by atoms with E-state index in [2.05, 4.69) is 0 Å². The lowest BCUT2D eigenvalue weighted by atomic mass is 9.68. The molecule has 5 aliphatic carbocycles. The summed E-state index contributed by atoms with van der Waals surface area (Å²) in [6, 6.07) is -52.4. The first-order valence-electron chi connectivity index (χ1n) is 45.1. The van der Waals surface area contributed by atoms with Gasteiger partial charge in [-0.3, -0.25) is 0 Å². The SMILES string of the molecule is [2H]C1=C([2H])C2=C(C(N(c3c([2H])c([2H])c4c(c3[2H])C(C([2H])([2H])[2H])(C([2H])([2H])[2H])c3c([2H])c([2H])c([2H])c([2H])c3-4)c3c([2H])c([2H])c([2H])c4c3-c3c([2H])c([2H])c([2H])c([2H])c3C43c4c([2H])c([2H])c([2H])c([2H])c4-c4c([2H])c(-c5c([2H])c([2H])c([2H])c([2H])c5[2H])c([2H])c(-c5c([2H])c([2H])c([2H])c([2H])c5[2H])c43)=C([2H])C1)c1c([2H])c([2H])c([2H])c([2H])c1C2(C([2H])([2H])[2H])C([2H])([2H])[2H]. The first-order valence-corrected chi connectivity index (χ1v) is 20.6. The minimum Gasteiger partial charge on any atom is -0.310 e. The van der Waals surface area contributed by atoms with Crippen LogP contribution in [0, 0.1) is 0 Å². The van der Waals surface area contributed by atoms with E-state index in [-0.39, 0.29) is 4.90 Å². The summed E-state index contributed by atoms with van der Waals surface area (Å²) in [7, 11) is 0. The van der Waals surface area contributed by atoms with Gasteiger partial charge >= 0.3 is 0 Å². The number of fused-ring (bicyclic) bond motifs is 15. The average molecular weight is 931 g/mol. The van der Waals surface area contributed by atoms with Crippen molar-refractivity contribution in [2.45, 2.75) is 50.1 Å². The van der Waals surface area contributed by atoms with E-state index in [1.54, 1.807) is 0 Å². The van der Waals surface area contributed by atoms with Crippen LogP contribution in [0.25, 0.3) is 61.2 Å². The maximum atomic E-state index is 10.9. The van der Waals surface area contributed by atoms with E-state index in [1.165, 1.54) is 0 Å². The molecule has 0 saturated carbocycles. The lowest BCUT2D eigenvalue weighted by Crippen LogP contribution is -2.27. The third kappa shape index (κ3) is 5.36. The second-order valence-corrected chi connectivity index (χ2v) is 16.0. The summed E-state index contributed by atoms with van der Waals surface area (Å²) in [5.74, 6) is 0. The third-order valence-electron chi connectivity index (χ3n) is 12.6. The standard InChI is InChI=1S/C68H51N/c1-66(2)55-31-16-13-28-50(55)63-58(66)34-19-20-36-61(63)69(46-38-39-49-47-26-11-15-30-54(47)67(3,4)60(49)42-46)62-37-21-35-59-64(62)51-29-14-18-33-57(51)68(59)56-32-17-12-27-48(56)53-41-45(43-22-7-5-8-23-43)40-52(65(53)68)44-24-9-6-10-25-44/h5-19,21-42H,20H2,1-4H3/i1D3,2D3,3D3,4D3,5D,6D,7D,8D,9D,10D,11D,12D,13D,14D,15D,16D,17D,18D,19D,21D,22D,23D,24D,25D,26D,27D,28D,29D,30D,31D,32D,33D,34D,35D,36D,37D,38D,39D,40D,41D,42D. The van der Waals surface area contributed by atoms with Crippen LogP contribution in [0.1, 0.15) is 146 Å². The van der Waals surface area contributed by atoms with Gasteiger partial charge < -0.3 is 4.90 Å². The summed E-state index contributed by atoms with van der Waals surface area (Å²) >= 11 is 0. The van der Waals surface area contributed by atoms with Gasteiger partial charge in [0, 0.05) is 44.1 Å². The molecule has 5 aliphatic rings. The molecule has 0 aliphatic heterocycles. The molecule has 14 rings (SSSR count). The van der Waals surface area contributed by atoms with Crippen LogP contribution in [0.2, 0.25) is 0 Å². The number of hydrogen-bond acceptors (Lipinski definition) is 1. The topological polar surface area (TPSA) is 3.24 Å². The van der Waals surface area contributed by atoms with Crippen LogP contribution in [-0.4, -0.2) is 0 Å². The molecule has 1 atom stereocenters. The molecular weight excluding hydrogens is 831 g/mol. The molecule has 1 spiro atoms. The molecule has 9 aromatic carbocycles. The van der Waals surface area contributed by atoms with Crippen LogP contribution in [0.15, 0.2) is 235 Å². The van der Waals surface area contributed by atoms with Gasteiger partial charge in [0.1, 0.15) is 0 Å². The fraction of sp³-hybridized carbons (Fsp3) is 0.118. The van der Waals surface area contributed by atoms with Crippen LogP contribution in [0.4, 0.5) is 11.4 Å². The Morgan fingerprint density at radius 3 is 1.72 bits per heavy atom. The highest BCUT2D eigenvalue weighted by Crippen LogP contribution is 2.67. The molecule has 0 radical (unpaired) electrons. The summed E-state index contributed by atoms with van der Waals surface area (Å²) in [5.41, 5.74) is -43.5. The van der Waals surface area contributed by atoms with E-state index in [1.807, 2.05) is 0 Å². The van der Waals surface area contributed by atoms with Crippen molar-refractivity contribution in [1.82, 2.24) is 0 Å². The van der Waals surface area contributed by atoms with Crippen molar-refractivity contribution in [2.24, 2.45) is 0 Å². The van der Waals surface area contributed by atoms with E-state index >= 15 is 0 Å². The number of rotatable bonds is 5. The molecule has 0 saturated heterocycles. The van der Waals surface area contributed by atoms with Gasteiger partial charge in [-0.1, -0.05) is 221 Å². The molecule has 0 heterocycles. The first kappa shape index (κ1) is 14.5. The molecule has 1 unspecified atom stereocenters. The monoisotopic (exact) mass is 931 g/mol. The van der Waals surface area contributed by atoms with E-state index in [0.29, 0.717) is 0 Å². The fourth-order valence-electron chi connectivity index (χ4n) is 9.93. The van der Waals surface area contributed by atoms with Gasteiger partial charge in [-0.05, 0) is 137 Å². The van der Waals surface area contributed by atoms with E-state index < -0.39 is 402 Å². The van der Waals surface area contributed by atoms with Crippen LogP contribution in [0.5, 0.6) is 0 Å². The minimum absolute atomic E-state index is 0.0398. The van der Waals surface area contributed by atoms with Gasteiger partial charge in [0.2, 0.25) is 0 Å². The second-order valence-electron chi connectivity index (χ2n) is 16.0. The maximum absolute atomic E-state index is 10.9. The van der Waals surface area contributed by atoms with Crippen LogP contribution in [0.3, 0.4) is 0 Å². The number of hydrogen-bond donors (Lipinski definition) is 0. The van der Waals surface area contributed by atoms with Crippen molar-refractivity contribution >= 4 is 16.9 Å². The van der Waals surface area contributed by atoms with E-state index in [9.17, 15) is 54.8 Å². The van der Waals surface area contributed by atoms with E-state index in [0.717, 1.165) is 0 Å². The zero-order chi connectivity index (χ0) is 88.4. The Kier molecular flexibility index (Phi) is 3.05. The first-order chi connectivity index (χ1) is 54.2. The van der Waals surface area contributed by atoms with Gasteiger partial charge in [0.05, 0.1) is 67.5 Å². The van der Waals surface area contributed by atoms with Gasteiger partial charge in [0.15, 0.2) is 0 Å². The van der Waals surface area contributed by atoms with Crippen molar-refractivity contribution in [3.8, 4) is 55.6 Å². The maximum Gasteiger partial charge on any atom is 0.0732 e. The number of anilines is 2. The van der Waals surface area contributed by atoms with Gasteiger partial charge in [0.25, 0.3) is 0 Å². The fourth-order valence-corrected chi connectivity index (χ4v) is 9.93. The minimum atomic E-state index is -4.35. The highest BCUT2D eigenvalue weighted by atomic mass is 15.2. The molecule has 9 aromatic rings. The van der Waals surface area contributed by atoms with Gasteiger partial charge in [-0.15, -0.1) is 0 Å². The molecule has 0 amide bonds. The molecule has 0 N–H and O–H groups in total. The van der Waals surface area contributed by atoms with Crippen LogP contribution in [-0.2, 0) is 16.2 Å². The Bertz CT molecular complexity index is 6330. The average Bonchev–Trinajstić information content (AvgIpc) is 1.47. The van der Waals surface area contributed by atoms with Gasteiger partial charge in [-0.25, -0.2) is 0 Å². The summed E-state index contributed by atoms with van der Waals surface area (Å²) in [6.45, 7) is -17.4. The van der Waals surface area contributed by atoms with Crippen molar-refractivity contribution < 1.29 is 67.2 Å². The van der Waals surface area contributed by atoms with Crippen molar-refractivity contribution in [3.63, 3.8) is 0 Å². The molecule has 1 nitrogen and oxygen atoms in total. The summed E-state index contributed by atoms with van der Waals surface area (Å²) in [4.78, 5) is 0.0398. The smallest absolute Gasteiger partial charge is 0.0732 e. The molecule has 69 heavy (non-hydrogen) atoms. The Morgan fingerprint density at radius 2 is 1.00 bits per heavy atom. The zero-order valence-corrected chi connectivity index (χ0v) is 34.7. The number of allylic oxidation sites excluding steroid dienone is 5. The largest absolute Gasteiger partial charge is 0.310 e. The summed E-state index contributed by atoms with van der Waals surface area (Å²) in [6.07, 6.45) is -1.55. The number of benzene rings is 9. The highest BCUT2D eigenvalue weighted by molar-refractivity contribution is 6.05. The van der Waals surface area contributed by atoms with Gasteiger partial charge in [-0.2, -0.15) is 0 Å². The Hall–Kier alpha value is -8.00. The molecule has 0 fully saturated rings. The predicted molar refractivity (Wildman–Crippen MR) is 288 cm³/mol. The Balaban J connectivity index is 1.37. The Labute approximate surface area is 475 Å². The molecular formula is C68H51N. The van der Waals surface area contributed by atoms with Crippen molar-refractivity contribution in [3.05, 3.63) is 279 Å². The van der Waals surface area contributed by atoms with E-state index in [4.69, 9.17) is 12.3 Å². The predicted octanol–water partition coefficient (Wildman–Crippen LogP) is 17.4. The molecule has 1 heteroatoms. The molecule has 0 aromatic heterocycles. The lowest BCUT2D eigenvalue weighted by molar-refractivity contribution is 0.654. The summed E-state index contributed by atoms with van der Waals surface area (Å²) in [5, 5.41) is 0. The third-order valence-corrected chi connectivity index (χ3v) is 12.6.